The number of aromatic nitrogens is 2. The Morgan fingerprint density at radius 1 is 1.65 bits per heavy atom. The molecule has 1 aromatic rings. The molecule has 1 aliphatic rings. The van der Waals surface area contributed by atoms with Gasteiger partial charge in [0.15, 0.2) is 0 Å². The highest BCUT2D eigenvalue weighted by atomic mass is 16.4. The summed E-state index contributed by atoms with van der Waals surface area (Å²) < 4.78 is 2.10. The molecule has 1 unspecified atom stereocenters. The van der Waals surface area contributed by atoms with Gasteiger partial charge in [-0.1, -0.05) is 0 Å². The predicted octanol–water partition coefficient (Wildman–Crippen LogP) is 1.59. The largest absolute Gasteiger partial charge is 0.481 e. The lowest BCUT2D eigenvalue weighted by molar-refractivity contribution is -0.138. The van der Waals surface area contributed by atoms with E-state index in [4.69, 9.17) is 5.11 Å². The van der Waals surface area contributed by atoms with Crippen LogP contribution in [0.4, 0.5) is 5.95 Å². The second-order valence-corrected chi connectivity index (χ2v) is 4.57. The van der Waals surface area contributed by atoms with Crippen LogP contribution >= 0.6 is 0 Å². The second kappa shape index (κ2) is 5.21. The summed E-state index contributed by atoms with van der Waals surface area (Å²) in [6.45, 7) is 4.77. The fraction of sp³-hybridized carbons (Fsp3) is 0.667. The Labute approximate surface area is 101 Å². The summed E-state index contributed by atoms with van der Waals surface area (Å²) >= 11 is 0. The van der Waals surface area contributed by atoms with Crippen LogP contribution in [0.1, 0.15) is 26.2 Å². The van der Waals surface area contributed by atoms with Gasteiger partial charge in [0.05, 0.1) is 0 Å². The van der Waals surface area contributed by atoms with E-state index in [0.29, 0.717) is 0 Å². The lowest BCUT2D eigenvalue weighted by Crippen LogP contribution is -2.37. The van der Waals surface area contributed by atoms with Crippen molar-refractivity contribution in [3.8, 4) is 0 Å². The summed E-state index contributed by atoms with van der Waals surface area (Å²) in [5, 5.41) is 8.84. The van der Waals surface area contributed by atoms with Gasteiger partial charge in [0.25, 0.3) is 0 Å². The highest BCUT2D eigenvalue weighted by molar-refractivity contribution is 5.67. The molecular weight excluding hydrogens is 218 g/mol. The van der Waals surface area contributed by atoms with E-state index in [-0.39, 0.29) is 12.3 Å². The van der Waals surface area contributed by atoms with E-state index in [1.165, 1.54) is 0 Å². The molecule has 1 aromatic heterocycles. The standard InChI is InChI=1S/C12H19N3O2/c1-2-14-7-5-13-12(14)15-6-3-4-10(9-15)8-11(16)17/h5,7,10H,2-4,6,8-9H2,1H3,(H,16,17). The van der Waals surface area contributed by atoms with Crippen LogP contribution in [0, 0.1) is 5.92 Å². The predicted molar refractivity (Wildman–Crippen MR) is 65.1 cm³/mol. The first kappa shape index (κ1) is 12.0. The second-order valence-electron chi connectivity index (χ2n) is 4.57. The zero-order valence-corrected chi connectivity index (χ0v) is 10.2. The summed E-state index contributed by atoms with van der Waals surface area (Å²) in [6.07, 6.45) is 6.10. The fourth-order valence-electron chi connectivity index (χ4n) is 2.49. The summed E-state index contributed by atoms with van der Waals surface area (Å²) in [5.41, 5.74) is 0. The first-order chi connectivity index (χ1) is 8.20. The van der Waals surface area contributed by atoms with E-state index in [9.17, 15) is 4.79 Å². The Bertz CT molecular complexity index is 389. The van der Waals surface area contributed by atoms with Gasteiger partial charge < -0.3 is 14.6 Å². The molecule has 0 aliphatic carbocycles. The van der Waals surface area contributed by atoms with Gasteiger partial charge in [0.2, 0.25) is 5.95 Å². The number of hydrogen-bond acceptors (Lipinski definition) is 3. The quantitative estimate of drug-likeness (QED) is 0.864. The first-order valence-electron chi connectivity index (χ1n) is 6.18. The van der Waals surface area contributed by atoms with Crippen LogP contribution in [0.5, 0.6) is 0 Å². The van der Waals surface area contributed by atoms with E-state index in [2.05, 4.69) is 21.4 Å². The van der Waals surface area contributed by atoms with Gasteiger partial charge in [-0.25, -0.2) is 4.98 Å². The van der Waals surface area contributed by atoms with Gasteiger partial charge >= 0.3 is 5.97 Å². The van der Waals surface area contributed by atoms with E-state index in [1.54, 1.807) is 6.20 Å². The third-order valence-electron chi connectivity index (χ3n) is 3.30. The molecule has 1 saturated heterocycles. The van der Waals surface area contributed by atoms with Gasteiger partial charge in [-0.15, -0.1) is 0 Å². The summed E-state index contributed by atoms with van der Waals surface area (Å²) in [7, 11) is 0. The number of nitrogens with zero attached hydrogens (tertiary/aromatic N) is 3. The number of rotatable bonds is 4. The number of carboxylic acids is 1. The number of aryl methyl sites for hydroxylation is 1. The lowest BCUT2D eigenvalue weighted by Gasteiger charge is -2.33. The third-order valence-corrected chi connectivity index (χ3v) is 3.30. The average Bonchev–Trinajstić information content (AvgIpc) is 2.76. The first-order valence-corrected chi connectivity index (χ1v) is 6.18. The normalized spacial score (nSPS) is 20.5. The molecule has 5 nitrogen and oxygen atoms in total. The molecule has 0 saturated carbocycles. The zero-order valence-electron chi connectivity index (χ0n) is 10.2. The van der Waals surface area contributed by atoms with E-state index < -0.39 is 5.97 Å². The number of carbonyl (C=O) groups is 1. The highest BCUT2D eigenvalue weighted by Crippen LogP contribution is 2.23. The maximum absolute atomic E-state index is 10.7. The lowest BCUT2D eigenvalue weighted by atomic mass is 9.95. The van der Waals surface area contributed by atoms with E-state index >= 15 is 0 Å². The van der Waals surface area contributed by atoms with Gasteiger partial charge in [0, 0.05) is 38.4 Å². The van der Waals surface area contributed by atoms with Crippen molar-refractivity contribution in [1.29, 1.82) is 0 Å². The molecule has 0 spiro atoms. The van der Waals surface area contributed by atoms with Gasteiger partial charge in [-0.05, 0) is 25.7 Å². The van der Waals surface area contributed by atoms with Gasteiger partial charge in [-0.2, -0.15) is 0 Å². The van der Waals surface area contributed by atoms with Crippen molar-refractivity contribution >= 4 is 11.9 Å². The summed E-state index contributed by atoms with van der Waals surface area (Å²) in [6, 6.07) is 0. The molecule has 5 heteroatoms. The number of carboxylic acid groups (broad SMARTS) is 1. The molecule has 0 aromatic carbocycles. The minimum atomic E-state index is -0.698. The average molecular weight is 237 g/mol. The maximum atomic E-state index is 10.7. The topological polar surface area (TPSA) is 58.4 Å². The molecule has 2 heterocycles. The molecule has 1 fully saturated rings. The van der Waals surface area contributed by atoms with E-state index in [1.807, 2.05) is 6.20 Å². The molecule has 2 rings (SSSR count). The minimum absolute atomic E-state index is 0.253. The monoisotopic (exact) mass is 237 g/mol. The van der Waals surface area contributed by atoms with Crippen molar-refractivity contribution in [1.82, 2.24) is 9.55 Å². The Morgan fingerprint density at radius 3 is 3.18 bits per heavy atom. The molecule has 17 heavy (non-hydrogen) atoms. The van der Waals surface area contributed by atoms with Crippen molar-refractivity contribution in [2.45, 2.75) is 32.7 Å². The van der Waals surface area contributed by atoms with E-state index in [0.717, 1.165) is 38.4 Å². The molecule has 1 N–H and O–H groups in total. The molecule has 0 amide bonds. The Hall–Kier alpha value is -1.52. The number of imidazole rings is 1. The number of hydrogen-bond donors (Lipinski definition) is 1. The molecule has 1 atom stereocenters. The van der Waals surface area contributed by atoms with Crippen molar-refractivity contribution in [3.63, 3.8) is 0 Å². The number of aliphatic carboxylic acids is 1. The van der Waals surface area contributed by atoms with Crippen LogP contribution in [0.15, 0.2) is 12.4 Å². The Morgan fingerprint density at radius 2 is 2.47 bits per heavy atom. The molecule has 0 radical (unpaired) electrons. The Kier molecular flexibility index (Phi) is 3.66. The van der Waals surface area contributed by atoms with Gasteiger partial charge in [0.1, 0.15) is 0 Å². The van der Waals surface area contributed by atoms with Crippen molar-refractivity contribution < 1.29 is 9.90 Å². The molecular formula is C12H19N3O2. The fourth-order valence-corrected chi connectivity index (χ4v) is 2.49. The van der Waals surface area contributed by atoms with Crippen LogP contribution in [-0.2, 0) is 11.3 Å². The van der Waals surface area contributed by atoms with Crippen molar-refractivity contribution in [3.05, 3.63) is 12.4 Å². The number of piperidine rings is 1. The summed E-state index contributed by atoms with van der Waals surface area (Å²) in [4.78, 5) is 17.3. The van der Waals surface area contributed by atoms with Crippen LogP contribution < -0.4 is 4.90 Å². The molecule has 94 valence electrons. The molecule has 0 bridgehead atoms. The maximum Gasteiger partial charge on any atom is 0.303 e. The number of anilines is 1. The molecule has 1 aliphatic heterocycles. The van der Waals surface area contributed by atoms with Crippen LogP contribution in [-0.4, -0.2) is 33.7 Å². The van der Waals surface area contributed by atoms with Crippen LogP contribution in [0.2, 0.25) is 0 Å². The van der Waals surface area contributed by atoms with Crippen LogP contribution in [0.3, 0.4) is 0 Å². The Balaban J connectivity index is 2.04. The SMILES string of the molecule is CCn1ccnc1N1CCCC(CC(=O)O)C1. The summed E-state index contributed by atoms with van der Waals surface area (Å²) in [5.74, 6) is 0.529. The third kappa shape index (κ3) is 2.78. The van der Waals surface area contributed by atoms with Gasteiger partial charge in [-0.3, -0.25) is 4.79 Å². The van der Waals surface area contributed by atoms with Crippen molar-refractivity contribution in [2.24, 2.45) is 5.92 Å². The smallest absolute Gasteiger partial charge is 0.303 e. The van der Waals surface area contributed by atoms with Crippen LogP contribution in [0.25, 0.3) is 0 Å². The van der Waals surface area contributed by atoms with Crippen molar-refractivity contribution in [2.75, 3.05) is 18.0 Å². The highest BCUT2D eigenvalue weighted by Gasteiger charge is 2.24. The zero-order chi connectivity index (χ0) is 12.3. The minimum Gasteiger partial charge on any atom is -0.481 e.